The summed E-state index contributed by atoms with van der Waals surface area (Å²) in [6.07, 6.45) is 0.775. The molecule has 3 rings (SSSR count). The fraction of sp³-hybridized carbons (Fsp3) is 0.480. The summed E-state index contributed by atoms with van der Waals surface area (Å²) in [6, 6.07) is 10.8. The molecule has 2 aromatic carbocycles. The summed E-state index contributed by atoms with van der Waals surface area (Å²) in [5.74, 6) is 1.40. The lowest BCUT2D eigenvalue weighted by molar-refractivity contribution is -0.127. The van der Waals surface area contributed by atoms with E-state index in [1.807, 2.05) is 49.9 Å². The second-order valence-electron chi connectivity index (χ2n) is 9.43. The number of ether oxygens (including phenoxy) is 2. The lowest BCUT2D eigenvalue weighted by Crippen LogP contribution is -2.39. The van der Waals surface area contributed by atoms with E-state index in [1.165, 1.54) is 0 Å². The van der Waals surface area contributed by atoms with E-state index in [9.17, 15) is 9.00 Å². The van der Waals surface area contributed by atoms with Crippen LogP contribution in [0.4, 0.5) is 0 Å². The molecule has 1 amide bonds. The summed E-state index contributed by atoms with van der Waals surface area (Å²) >= 11 is 12.8. The van der Waals surface area contributed by atoms with Gasteiger partial charge >= 0.3 is 0 Å². The van der Waals surface area contributed by atoms with Crippen molar-refractivity contribution in [2.24, 2.45) is 5.92 Å². The standard InChI is InChI=1S/C25H32Cl2N2O4S/c1-16(30)29-11-10-18(14-29)24(28-34(31)25(2,3)4)20-12-21(26)22(27)13-23(20)33-15-17-6-8-19(32-5)9-7-17/h6-9,12-13,18,24,28H,10-11,14-15H2,1-5H3. The van der Waals surface area contributed by atoms with Crippen LogP contribution in [0.5, 0.6) is 11.5 Å². The molecule has 0 bridgehead atoms. The van der Waals surface area contributed by atoms with Gasteiger partial charge in [0.15, 0.2) is 0 Å². The molecular weight excluding hydrogens is 495 g/mol. The Balaban J connectivity index is 1.95. The van der Waals surface area contributed by atoms with Gasteiger partial charge < -0.3 is 14.4 Å². The summed E-state index contributed by atoms with van der Waals surface area (Å²) in [7, 11) is 0.275. The summed E-state index contributed by atoms with van der Waals surface area (Å²) in [6.45, 7) is 8.85. The highest BCUT2D eigenvalue weighted by Gasteiger charge is 2.36. The van der Waals surface area contributed by atoms with E-state index < -0.39 is 15.7 Å². The van der Waals surface area contributed by atoms with Gasteiger partial charge in [0.05, 0.1) is 38.9 Å². The molecule has 0 aromatic heterocycles. The van der Waals surface area contributed by atoms with E-state index in [4.69, 9.17) is 32.7 Å². The normalized spacial score (nSPS) is 18.0. The molecule has 1 aliphatic heterocycles. The van der Waals surface area contributed by atoms with Crippen molar-refractivity contribution in [3.63, 3.8) is 0 Å². The topological polar surface area (TPSA) is 67.9 Å². The fourth-order valence-electron chi connectivity index (χ4n) is 3.85. The minimum Gasteiger partial charge on any atom is -0.497 e. The Bertz CT molecular complexity index is 1040. The van der Waals surface area contributed by atoms with Crippen LogP contribution >= 0.6 is 23.2 Å². The first kappa shape index (κ1) is 26.8. The van der Waals surface area contributed by atoms with Gasteiger partial charge in [-0.3, -0.25) is 4.79 Å². The van der Waals surface area contributed by atoms with Gasteiger partial charge in [0.1, 0.15) is 18.1 Å². The zero-order valence-corrected chi connectivity index (χ0v) is 22.5. The number of nitrogens with one attached hydrogen (secondary N) is 1. The molecule has 1 saturated heterocycles. The summed E-state index contributed by atoms with van der Waals surface area (Å²) < 4.78 is 27.4. The molecule has 34 heavy (non-hydrogen) atoms. The van der Waals surface area contributed by atoms with Crippen molar-refractivity contribution >= 4 is 40.1 Å². The molecule has 6 nitrogen and oxygen atoms in total. The van der Waals surface area contributed by atoms with Crippen LogP contribution in [0.2, 0.25) is 10.0 Å². The maximum absolute atomic E-state index is 13.1. The second kappa shape index (κ2) is 11.3. The van der Waals surface area contributed by atoms with E-state index >= 15 is 0 Å². The first-order chi connectivity index (χ1) is 16.0. The van der Waals surface area contributed by atoms with E-state index in [0.29, 0.717) is 35.5 Å². The minimum absolute atomic E-state index is 0.0308. The summed E-state index contributed by atoms with van der Waals surface area (Å²) in [4.78, 5) is 13.8. The van der Waals surface area contributed by atoms with Crippen molar-refractivity contribution in [2.45, 2.75) is 51.5 Å². The van der Waals surface area contributed by atoms with Crippen LogP contribution in [0.3, 0.4) is 0 Å². The molecule has 9 heteroatoms. The van der Waals surface area contributed by atoms with Crippen molar-refractivity contribution < 1.29 is 18.5 Å². The molecule has 0 saturated carbocycles. The maximum atomic E-state index is 13.1. The number of methoxy groups -OCH3 is 1. The van der Waals surface area contributed by atoms with Crippen LogP contribution in [-0.2, 0) is 22.4 Å². The lowest BCUT2D eigenvalue weighted by atomic mass is 9.92. The Morgan fingerprint density at radius 2 is 1.85 bits per heavy atom. The van der Waals surface area contributed by atoms with Gasteiger partial charge in [-0.1, -0.05) is 35.3 Å². The number of likely N-dealkylation sites (tertiary alicyclic amines) is 1. The molecule has 0 spiro atoms. The van der Waals surface area contributed by atoms with Crippen molar-refractivity contribution in [3.8, 4) is 11.5 Å². The molecule has 2 aromatic rings. The first-order valence-corrected chi connectivity index (χ1v) is 13.1. The second-order valence-corrected chi connectivity index (χ2v) is 12.2. The van der Waals surface area contributed by atoms with Gasteiger partial charge in [0.25, 0.3) is 0 Å². The van der Waals surface area contributed by atoms with Gasteiger partial charge in [-0.25, -0.2) is 8.93 Å². The summed E-state index contributed by atoms with van der Waals surface area (Å²) in [5.41, 5.74) is 1.74. The number of carbonyl (C=O) groups is 1. The molecule has 1 heterocycles. The number of carbonyl (C=O) groups excluding carboxylic acids is 1. The van der Waals surface area contributed by atoms with E-state index in [1.54, 1.807) is 26.2 Å². The quantitative estimate of drug-likeness (QED) is 0.490. The molecule has 1 aliphatic rings. The molecule has 1 N–H and O–H groups in total. The van der Waals surface area contributed by atoms with Gasteiger partial charge in [0, 0.05) is 31.6 Å². The van der Waals surface area contributed by atoms with Crippen LogP contribution < -0.4 is 14.2 Å². The molecular formula is C25H32Cl2N2O4S. The van der Waals surface area contributed by atoms with Crippen molar-refractivity contribution in [3.05, 3.63) is 57.6 Å². The monoisotopic (exact) mass is 526 g/mol. The van der Waals surface area contributed by atoms with E-state index in [-0.39, 0.29) is 17.9 Å². The third kappa shape index (κ3) is 6.66. The van der Waals surface area contributed by atoms with Gasteiger partial charge in [-0.05, 0) is 56.9 Å². The molecule has 3 unspecified atom stereocenters. The molecule has 186 valence electrons. The average molecular weight is 528 g/mol. The highest BCUT2D eigenvalue weighted by atomic mass is 35.5. The number of rotatable bonds is 8. The highest BCUT2D eigenvalue weighted by molar-refractivity contribution is 7.84. The summed E-state index contributed by atoms with van der Waals surface area (Å²) in [5, 5.41) is 0.769. The SMILES string of the molecule is COc1ccc(COc2cc(Cl)c(Cl)cc2C(NS(=O)C(C)(C)C)C2CCN(C(C)=O)C2)cc1. The molecule has 0 radical (unpaired) electrons. The van der Waals surface area contributed by atoms with E-state index in [0.717, 1.165) is 23.3 Å². The maximum Gasteiger partial charge on any atom is 0.219 e. The Labute approximate surface area is 214 Å². The molecule has 0 aliphatic carbocycles. The average Bonchev–Trinajstić information content (AvgIpc) is 3.28. The van der Waals surface area contributed by atoms with Gasteiger partial charge in [-0.15, -0.1) is 0 Å². The number of amides is 1. The van der Waals surface area contributed by atoms with Crippen molar-refractivity contribution in [2.75, 3.05) is 20.2 Å². The van der Waals surface area contributed by atoms with Crippen LogP contribution in [0, 0.1) is 5.92 Å². The Morgan fingerprint density at radius 1 is 1.21 bits per heavy atom. The van der Waals surface area contributed by atoms with Gasteiger partial charge in [-0.2, -0.15) is 0 Å². The van der Waals surface area contributed by atoms with Crippen LogP contribution in [-0.4, -0.2) is 40.0 Å². The minimum atomic E-state index is -1.35. The highest BCUT2D eigenvalue weighted by Crippen LogP contribution is 2.40. The fourth-order valence-corrected chi connectivity index (χ4v) is 5.08. The predicted octanol–water partition coefficient (Wildman–Crippen LogP) is 5.54. The largest absolute Gasteiger partial charge is 0.497 e. The number of hydrogen-bond donors (Lipinski definition) is 1. The number of halogens is 2. The van der Waals surface area contributed by atoms with Crippen LogP contribution in [0.15, 0.2) is 36.4 Å². The lowest BCUT2D eigenvalue weighted by Gasteiger charge is -2.30. The number of benzene rings is 2. The third-order valence-corrected chi connectivity index (χ3v) is 8.18. The Morgan fingerprint density at radius 3 is 2.41 bits per heavy atom. The van der Waals surface area contributed by atoms with Crippen molar-refractivity contribution in [1.29, 1.82) is 0 Å². The smallest absolute Gasteiger partial charge is 0.219 e. The van der Waals surface area contributed by atoms with E-state index in [2.05, 4.69) is 4.72 Å². The Kier molecular flexibility index (Phi) is 8.90. The van der Waals surface area contributed by atoms with Gasteiger partial charge in [0.2, 0.25) is 5.91 Å². The third-order valence-electron chi connectivity index (χ3n) is 5.87. The number of hydrogen-bond acceptors (Lipinski definition) is 4. The van der Waals surface area contributed by atoms with Crippen molar-refractivity contribution in [1.82, 2.24) is 9.62 Å². The molecule has 3 atom stereocenters. The first-order valence-electron chi connectivity index (χ1n) is 11.2. The zero-order valence-electron chi connectivity index (χ0n) is 20.2. The predicted molar refractivity (Wildman–Crippen MR) is 138 cm³/mol. The molecule has 1 fully saturated rings. The number of nitrogens with zero attached hydrogens (tertiary/aromatic N) is 1. The Hall–Kier alpha value is -1.80. The van der Waals surface area contributed by atoms with Crippen LogP contribution in [0.25, 0.3) is 0 Å². The van der Waals surface area contributed by atoms with Crippen LogP contribution in [0.1, 0.15) is 51.3 Å². The zero-order chi connectivity index (χ0) is 25.0.